The first kappa shape index (κ1) is 21.5. The van der Waals surface area contributed by atoms with Crippen molar-refractivity contribution >= 4 is 25.2 Å². The lowest BCUT2D eigenvalue weighted by molar-refractivity contribution is -0.385. The lowest BCUT2D eigenvalue weighted by Gasteiger charge is -2.23. The van der Waals surface area contributed by atoms with Gasteiger partial charge in [-0.15, -0.1) is 0 Å². The molecule has 2 amide bonds. The third kappa shape index (κ3) is 5.13. The summed E-state index contributed by atoms with van der Waals surface area (Å²) in [6, 6.07) is 2.13. The summed E-state index contributed by atoms with van der Waals surface area (Å²) in [6.45, 7) is 0.866. The number of aliphatic hydroxyl groups excluding tert-OH is 1. The van der Waals surface area contributed by atoms with Crippen molar-refractivity contribution in [1.29, 1.82) is 0 Å². The largest absolute Gasteiger partial charge is 0.493 e. The van der Waals surface area contributed by atoms with Crippen molar-refractivity contribution in [2.45, 2.75) is 25.3 Å². The Hall–Kier alpha value is -2.82. The number of methoxy groups -OCH3 is 1. The molecule has 0 aromatic heterocycles. The molecule has 1 aromatic carbocycles. The van der Waals surface area contributed by atoms with Gasteiger partial charge in [-0.25, -0.2) is 0 Å². The van der Waals surface area contributed by atoms with Crippen LogP contribution in [0.4, 0.5) is 10.5 Å². The predicted octanol–water partition coefficient (Wildman–Crippen LogP) is 0.312. The quantitative estimate of drug-likeness (QED) is 0.267. The van der Waals surface area contributed by atoms with Gasteiger partial charge in [0, 0.05) is 19.2 Å². The van der Waals surface area contributed by atoms with Gasteiger partial charge in [0.1, 0.15) is 5.56 Å². The van der Waals surface area contributed by atoms with E-state index in [-0.39, 0.29) is 47.8 Å². The standard InChI is InChI=1S/C17H24BN3O7/c1-27-14-8-12(16(23)20-6-2-4-11(20)10-22)13(21(25)26)9-15(14)28-7-3-5-19-17(18)24/h8-9,11,22H,2-7,10,18H2,1H3,(H,19,24)/t11-/m0/s1. The Labute approximate surface area is 163 Å². The molecule has 0 aliphatic carbocycles. The van der Waals surface area contributed by atoms with Gasteiger partial charge in [-0.2, -0.15) is 0 Å². The molecule has 11 heteroatoms. The van der Waals surface area contributed by atoms with Crippen LogP contribution in [0.3, 0.4) is 0 Å². The van der Waals surface area contributed by atoms with Crippen molar-refractivity contribution in [3.8, 4) is 11.5 Å². The van der Waals surface area contributed by atoms with Crippen molar-refractivity contribution < 1.29 is 29.1 Å². The number of nitro groups is 1. The number of nitrogens with one attached hydrogen (secondary N) is 1. The van der Waals surface area contributed by atoms with Gasteiger partial charge >= 0.3 is 0 Å². The molecule has 2 rings (SSSR count). The van der Waals surface area contributed by atoms with Crippen LogP contribution < -0.4 is 14.8 Å². The lowest BCUT2D eigenvalue weighted by Crippen LogP contribution is -2.37. The third-order valence-corrected chi connectivity index (χ3v) is 4.51. The first-order chi connectivity index (χ1) is 13.4. The highest BCUT2D eigenvalue weighted by Crippen LogP contribution is 2.36. The van der Waals surface area contributed by atoms with Crippen LogP contribution in [-0.4, -0.2) is 73.9 Å². The molecule has 1 fully saturated rings. The normalized spacial score (nSPS) is 15.9. The summed E-state index contributed by atoms with van der Waals surface area (Å²) in [7, 11) is 2.79. The van der Waals surface area contributed by atoms with E-state index in [2.05, 4.69) is 5.32 Å². The van der Waals surface area contributed by atoms with Crippen LogP contribution in [0.1, 0.15) is 29.6 Å². The van der Waals surface area contributed by atoms with E-state index in [9.17, 15) is 24.8 Å². The Bertz CT molecular complexity index is 744. The molecule has 10 nitrogen and oxygen atoms in total. The van der Waals surface area contributed by atoms with Gasteiger partial charge in [0.2, 0.25) is 7.85 Å². The highest BCUT2D eigenvalue weighted by molar-refractivity contribution is 6.57. The molecule has 2 N–H and O–H groups in total. The van der Waals surface area contributed by atoms with Crippen LogP contribution in [-0.2, 0) is 0 Å². The van der Waals surface area contributed by atoms with Crippen LogP contribution in [0.25, 0.3) is 0 Å². The van der Waals surface area contributed by atoms with Gasteiger partial charge in [0.25, 0.3) is 11.6 Å². The average molecular weight is 393 g/mol. The van der Waals surface area contributed by atoms with Crippen LogP contribution in [0, 0.1) is 10.1 Å². The van der Waals surface area contributed by atoms with Crippen LogP contribution in [0.15, 0.2) is 12.1 Å². The van der Waals surface area contributed by atoms with E-state index in [1.165, 1.54) is 32.0 Å². The molecule has 1 atom stereocenters. The van der Waals surface area contributed by atoms with Crippen molar-refractivity contribution in [3.05, 3.63) is 27.8 Å². The minimum atomic E-state index is -0.638. The molecule has 0 unspecified atom stereocenters. The average Bonchev–Trinajstić information content (AvgIpc) is 3.15. The number of ether oxygens (including phenoxy) is 2. The second-order valence-electron chi connectivity index (χ2n) is 6.44. The molecule has 1 aliphatic heterocycles. The zero-order chi connectivity index (χ0) is 20.7. The maximum absolute atomic E-state index is 12.9. The molecule has 1 aliphatic rings. The number of hydrogen-bond acceptors (Lipinski definition) is 7. The minimum Gasteiger partial charge on any atom is -0.493 e. The van der Waals surface area contributed by atoms with Gasteiger partial charge in [-0.3, -0.25) is 19.7 Å². The van der Waals surface area contributed by atoms with Gasteiger partial charge in [0.15, 0.2) is 17.3 Å². The van der Waals surface area contributed by atoms with Crippen molar-refractivity contribution in [3.63, 3.8) is 0 Å². The van der Waals surface area contributed by atoms with Crippen molar-refractivity contribution in [2.75, 3.05) is 33.4 Å². The maximum atomic E-state index is 12.9. The SMILES string of the molecule is BC(=O)NCCCOc1cc([N+](=O)[O-])c(C(=O)N2CCC[C@H]2CO)cc1OC. The van der Waals surface area contributed by atoms with Gasteiger partial charge in [-0.1, -0.05) is 0 Å². The van der Waals surface area contributed by atoms with Crippen LogP contribution in [0.2, 0.25) is 0 Å². The summed E-state index contributed by atoms with van der Waals surface area (Å²) in [5.41, 5.74) is -0.487. The molecule has 0 spiro atoms. The van der Waals surface area contributed by atoms with Gasteiger partial charge < -0.3 is 24.8 Å². The number of aliphatic hydroxyl groups is 1. The second kappa shape index (κ2) is 9.93. The molecule has 1 saturated heterocycles. The second-order valence-corrected chi connectivity index (χ2v) is 6.44. The summed E-state index contributed by atoms with van der Waals surface area (Å²) in [6.07, 6.45) is 1.89. The Morgan fingerprint density at radius 2 is 2.18 bits per heavy atom. The number of carbonyl (C=O) groups excluding carboxylic acids is 2. The van der Waals surface area contributed by atoms with Gasteiger partial charge in [0.05, 0.1) is 37.4 Å². The molecule has 0 saturated carbocycles. The molecule has 28 heavy (non-hydrogen) atoms. The number of carbonyl (C=O) groups is 2. The first-order valence-electron chi connectivity index (χ1n) is 9.04. The Morgan fingerprint density at radius 1 is 1.43 bits per heavy atom. The number of rotatable bonds is 9. The molecular formula is C17H24BN3O7. The number of amides is 2. The fourth-order valence-corrected chi connectivity index (χ4v) is 3.11. The molecular weight excluding hydrogens is 369 g/mol. The Morgan fingerprint density at radius 3 is 2.79 bits per heavy atom. The summed E-state index contributed by atoms with van der Waals surface area (Å²) >= 11 is 0. The van der Waals surface area contributed by atoms with Gasteiger partial charge in [-0.05, 0) is 19.3 Å². The fourth-order valence-electron chi connectivity index (χ4n) is 3.11. The Kier molecular flexibility index (Phi) is 7.62. The van der Waals surface area contributed by atoms with E-state index in [0.717, 1.165) is 6.42 Å². The van der Waals surface area contributed by atoms with Crippen molar-refractivity contribution in [2.24, 2.45) is 0 Å². The van der Waals surface area contributed by atoms with Crippen LogP contribution >= 0.6 is 0 Å². The third-order valence-electron chi connectivity index (χ3n) is 4.51. The topological polar surface area (TPSA) is 131 Å². The maximum Gasteiger partial charge on any atom is 0.286 e. The van der Waals surface area contributed by atoms with E-state index in [0.29, 0.717) is 25.9 Å². The Balaban J connectivity index is 2.23. The number of hydrogen-bond donors (Lipinski definition) is 2. The van der Waals surface area contributed by atoms with Crippen LogP contribution in [0.5, 0.6) is 11.5 Å². The van der Waals surface area contributed by atoms with E-state index in [1.807, 2.05) is 0 Å². The monoisotopic (exact) mass is 393 g/mol. The number of benzene rings is 1. The smallest absolute Gasteiger partial charge is 0.286 e. The highest BCUT2D eigenvalue weighted by atomic mass is 16.6. The van der Waals surface area contributed by atoms with Crippen molar-refractivity contribution in [1.82, 2.24) is 10.2 Å². The molecule has 0 radical (unpaired) electrons. The first-order valence-corrected chi connectivity index (χ1v) is 9.04. The number of likely N-dealkylation sites (tertiary alicyclic amines) is 1. The number of nitro benzene ring substituents is 1. The molecule has 0 bridgehead atoms. The van der Waals surface area contributed by atoms with E-state index in [1.54, 1.807) is 0 Å². The molecule has 1 aromatic rings. The molecule has 1 heterocycles. The molecule has 152 valence electrons. The van der Waals surface area contributed by atoms with E-state index < -0.39 is 10.8 Å². The summed E-state index contributed by atoms with van der Waals surface area (Å²) in [5.74, 6) is -0.320. The fraction of sp³-hybridized carbons (Fsp3) is 0.529. The summed E-state index contributed by atoms with van der Waals surface area (Å²) in [4.78, 5) is 36.1. The predicted molar refractivity (Wildman–Crippen MR) is 103 cm³/mol. The summed E-state index contributed by atoms with van der Waals surface area (Å²) in [5, 5.41) is 23.6. The summed E-state index contributed by atoms with van der Waals surface area (Å²) < 4.78 is 10.8. The highest BCUT2D eigenvalue weighted by Gasteiger charge is 2.33. The number of nitrogens with zero attached hydrogens (tertiary/aromatic N) is 2. The minimum absolute atomic E-state index is 0.104. The lowest BCUT2D eigenvalue weighted by atomic mass is 10.1. The van der Waals surface area contributed by atoms with E-state index >= 15 is 0 Å². The van der Waals surface area contributed by atoms with E-state index in [4.69, 9.17) is 9.47 Å². The zero-order valence-corrected chi connectivity index (χ0v) is 16.0. The zero-order valence-electron chi connectivity index (χ0n) is 16.0.